The standard InChI is InChI=1S/C21H25N3O7S/c1-5-24(6-2)21(27)22-16-7-9-18(10-8-16)32(28,29)23-17-12-14(19(25)30-3)11-15(13-17)20(26)31-4/h7-13,23H,5-6H2,1-4H3,(H,22,27). The van der Waals surface area contributed by atoms with E-state index in [1.54, 1.807) is 4.90 Å². The lowest BCUT2D eigenvalue weighted by Crippen LogP contribution is -2.34. The maximum Gasteiger partial charge on any atom is 0.337 e. The zero-order chi connectivity index (χ0) is 23.9. The number of hydrogen-bond acceptors (Lipinski definition) is 7. The van der Waals surface area contributed by atoms with Gasteiger partial charge in [0.1, 0.15) is 0 Å². The van der Waals surface area contributed by atoms with E-state index in [0.29, 0.717) is 18.8 Å². The first kappa shape index (κ1) is 24.7. The van der Waals surface area contributed by atoms with Crippen molar-refractivity contribution < 1.29 is 32.3 Å². The summed E-state index contributed by atoms with van der Waals surface area (Å²) >= 11 is 0. The number of amides is 2. The van der Waals surface area contributed by atoms with Gasteiger partial charge in [0.15, 0.2) is 0 Å². The second-order valence-electron chi connectivity index (χ2n) is 6.51. The predicted octanol–water partition coefficient (Wildman–Crippen LogP) is 2.93. The molecule has 0 aliphatic rings. The highest BCUT2D eigenvalue weighted by Gasteiger charge is 2.19. The van der Waals surface area contributed by atoms with Crippen LogP contribution in [-0.2, 0) is 19.5 Å². The first-order valence-electron chi connectivity index (χ1n) is 9.65. The molecule has 0 radical (unpaired) electrons. The lowest BCUT2D eigenvalue weighted by Gasteiger charge is -2.19. The first-order valence-corrected chi connectivity index (χ1v) is 11.1. The Hall–Kier alpha value is -3.60. The molecule has 0 aliphatic heterocycles. The predicted molar refractivity (Wildman–Crippen MR) is 118 cm³/mol. The zero-order valence-electron chi connectivity index (χ0n) is 18.2. The van der Waals surface area contributed by atoms with Crippen molar-refractivity contribution in [3.63, 3.8) is 0 Å². The molecule has 172 valence electrons. The van der Waals surface area contributed by atoms with E-state index in [1.807, 2.05) is 13.8 Å². The van der Waals surface area contributed by atoms with Crippen LogP contribution in [0.1, 0.15) is 34.6 Å². The van der Waals surface area contributed by atoms with Gasteiger partial charge in [0.2, 0.25) is 0 Å². The molecule has 10 nitrogen and oxygen atoms in total. The van der Waals surface area contributed by atoms with Crippen LogP contribution in [0.3, 0.4) is 0 Å². The summed E-state index contributed by atoms with van der Waals surface area (Å²) in [6, 6.07) is 9.00. The highest BCUT2D eigenvalue weighted by Crippen LogP contribution is 2.22. The van der Waals surface area contributed by atoms with Crippen LogP contribution in [0.2, 0.25) is 0 Å². The van der Waals surface area contributed by atoms with Gasteiger partial charge in [0, 0.05) is 18.8 Å². The number of ether oxygens (including phenoxy) is 2. The molecule has 0 heterocycles. The smallest absolute Gasteiger partial charge is 0.337 e. The van der Waals surface area contributed by atoms with Crippen molar-refractivity contribution in [3.8, 4) is 0 Å². The van der Waals surface area contributed by atoms with E-state index in [1.165, 1.54) is 42.5 Å². The first-order chi connectivity index (χ1) is 15.1. The maximum absolute atomic E-state index is 12.8. The molecule has 11 heteroatoms. The molecule has 0 spiro atoms. The Morgan fingerprint density at radius 2 is 1.34 bits per heavy atom. The molecular weight excluding hydrogens is 438 g/mol. The van der Waals surface area contributed by atoms with E-state index >= 15 is 0 Å². The number of methoxy groups -OCH3 is 2. The van der Waals surface area contributed by atoms with Gasteiger partial charge in [-0.05, 0) is 56.3 Å². The summed E-state index contributed by atoms with van der Waals surface area (Å²) < 4.78 is 37.2. The molecule has 0 atom stereocenters. The summed E-state index contributed by atoms with van der Waals surface area (Å²) in [5.41, 5.74) is 0.360. The van der Waals surface area contributed by atoms with E-state index in [-0.39, 0.29) is 27.7 Å². The SMILES string of the molecule is CCN(CC)C(=O)Nc1ccc(S(=O)(=O)Nc2cc(C(=O)OC)cc(C(=O)OC)c2)cc1. The van der Waals surface area contributed by atoms with E-state index in [9.17, 15) is 22.8 Å². The van der Waals surface area contributed by atoms with Gasteiger partial charge in [0.05, 0.1) is 35.9 Å². The second kappa shape index (κ2) is 10.6. The van der Waals surface area contributed by atoms with Gasteiger partial charge in [-0.15, -0.1) is 0 Å². The van der Waals surface area contributed by atoms with E-state index in [4.69, 9.17) is 0 Å². The molecule has 0 aromatic heterocycles. The zero-order valence-corrected chi connectivity index (χ0v) is 19.0. The van der Waals surface area contributed by atoms with Crippen molar-refractivity contribution in [1.29, 1.82) is 0 Å². The summed E-state index contributed by atoms with van der Waals surface area (Å²) in [4.78, 5) is 37.4. The number of hydrogen-bond donors (Lipinski definition) is 2. The van der Waals surface area contributed by atoms with Crippen molar-refractivity contribution >= 4 is 39.4 Å². The van der Waals surface area contributed by atoms with Crippen molar-refractivity contribution in [2.75, 3.05) is 37.3 Å². The number of nitrogens with zero attached hydrogens (tertiary/aromatic N) is 1. The average molecular weight is 464 g/mol. The molecule has 0 aliphatic carbocycles. The summed E-state index contributed by atoms with van der Waals surface area (Å²) in [6.07, 6.45) is 0. The van der Waals surface area contributed by atoms with Crippen molar-refractivity contribution in [2.45, 2.75) is 18.7 Å². The lowest BCUT2D eigenvalue weighted by molar-refractivity contribution is 0.0599. The Labute approximate surface area is 186 Å². The minimum Gasteiger partial charge on any atom is -0.465 e. The normalized spacial score (nSPS) is 10.8. The molecule has 0 saturated heterocycles. The fourth-order valence-electron chi connectivity index (χ4n) is 2.80. The number of esters is 2. The largest absolute Gasteiger partial charge is 0.465 e. The Bertz CT molecular complexity index is 1060. The van der Waals surface area contributed by atoms with Gasteiger partial charge in [0.25, 0.3) is 10.0 Å². The number of benzene rings is 2. The van der Waals surface area contributed by atoms with Crippen LogP contribution in [0.4, 0.5) is 16.2 Å². The highest BCUT2D eigenvalue weighted by molar-refractivity contribution is 7.92. The summed E-state index contributed by atoms with van der Waals surface area (Å²) in [5, 5.41) is 2.69. The van der Waals surface area contributed by atoms with Crippen molar-refractivity contribution in [3.05, 3.63) is 53.6 Å². The third-order valence-corrected chi connectivity index (χ3v) is 5.89. The third kappa shape index (κ3) is 5.97. The van der Waals surface area contributed by atoms with E-state index in [2.05, 4.69) is 19.5 Å². The molecule has 2 N–H and O–H groups in total. The summed E-state index contributed by atoms with van der Waals surface area (Å²) in [6.45, 7) is 4.78. The molecule has 2 amide bonds. The molecule has 2 aromatic carbocycles. The summed E-state index contributed by atoms with van der Waals surface area (Å²) in [5.74, 6) is -1.49. The molecule has 2 rings (SSSR count). The number of carbonyl (C=O) groups excluding carboxylic acids is 3. The van der Waals surface area contributed by atoms with Crippen LogP contribution >= 0.6 is 0 Å². The number of sulfonamides is 1. The fourth-order valence-corrected chi connectivity index (χ4v) is 3.84. The lowest BCUT2D eigenvalue weighted by atomic mass is 10.1. The number of nitrogens with one attached hydrogen (secondary N) is 2. The average Bonchev–Trinajstić information content (AvgIpc) is 2.78. The van der Waals surface area contributed by atoms with Crippen LogP contribution in [0.5, 0.6) is 0 Å². The monoisotopic (exact) mass is 463 g/mol. The fraction of sp³-hybridized carbons (Fsp3) is 0.286. The summed E-state index contributed by atoms with van der Waals surface area (Å²) in [7, 11) is -1.73. The van der Waals surface area contributed by atoms with Crippen LogP contribution in [0, 0.1) is 0 Å². The molecule has 0 fully saturated rings. The maximum atomic E-state index is 12.8. The second-order valence-corrected chi connectivity index (χ2v) is 8.20. The van der Waals surface area contributed by atoms with Crippen LogP contribution in [0.15, 0.2) is 47.4 Å². The number of anilines is 2. The minimum absolute atomic E-state index is 0.0211. The van der Waals surface area contributed by atoms with Crippen LogP contribution in [-0.4, -0.2) is 58.6 Å². The quantitative estimate of drug-likeness (QED) is 0.576. The molecule has 0 unspecified atom stereocenters. The molecule has 0 saturated carbocycles. The molecule has 32 heavy (non-hydrogen) atoms. The molecule has 2 aromatic rings. The van der Waals surface area contributed by atoms with Gasteiger partial charge in [-0.2, -0.15) is 0 Å². The number of urea groups is 1. The Morgan fingerprint density at radius 1 is 0.844 bits per heavy atom. The van der Waals surface area contributed by atoms with Gasteiger partial charge in [-0.1, -0.05) is 0 Å². The van der Waals surface area contributed by atoms with Crippen LogP contribution < -0.4 is 10.0 Å². The molecular formula is C21H25N3O7S. The van der Waals surface area contributed by atoms with Gasteiger partial charge >= 0.3 is 18.0 Å². The third-order valence-electron chi connectivity index (χ3n) is 4.49. The number of carbonyl (C=O) groups is 3. The Kier molecular flexibility index (Phi) is 8.19. The Morgan fingerprint density at radius 3 is 1.78 bits per heavy atom. The van der Waals surface area contributed by atoms with Gasteiger partial charge < -0.3 is 19.7 Å². The van der Waals surface area contributed by atoms with Gasteiger partial charge in [-0.25, -0.2) is 22.8 Å². The topological polar surface area (TPSA) is 131 Å². The van der Waals surface area contributed by atoms with Crippen molar-refractivity contribution in [2.24, 2.45) is 0 Å². The van der Waals surface area contributed by atoms with Gasteiger partial charge in [-0.3, -0.25) is 4.72 Å². The van der Waals surface area contributed by atoms with E-state index in [0.717, 1.165) is 14.2 Å². The minimum atomic E-state index is -4.06. The number of rotatable bonds is 8. The highest BCUT2D eigenvalue weighted by atomic mass is 32.2. The molecule has 0 bridgehead atoms. The van der Waals surface area contributed by atoms with Crippen molar-refractivity contribution in [1.82, 2.24) is 4.90 Å². The van der Waals surface area contributed by atoms with E-state index < -0.39 is 22.0 Å². The van der Waals surface area contributed by atoms with Crippen LogP contribution in [0.25, 0.3) is 0 Å². The Balaban J connectivity index is 2.28.